The summed E-state index contributed by atoms with van der Waals surface area (Å²) >= 11 is 6.42. The van der Waals surface area contributed by atoms with Crippen LogP contribution in [0, 0.1) is 27.9 Å². The Bertz CT molecular complexity index is 1730. The molecule has 0 bridgehead atoms. The monoisotopic (exact) mass is 628 g/mol. The highest BCUT2D eigenvalue weighted by atomic mass is 35.5. The molecule has 0 aromatic heterocycles. The van der Waals surface area contributed by atoms with Crippen molar-refractivity contribution in [3.8, 4) is 5.75 Å². The van der Waals surface area contributed by atoms with Gasteiger partial charge in [0.1, 0.15) is 5.75 Å². The average molecular weight is 629 g/mol. The number of anilines is 1. The van der Waals surface area contributed by atoms with Gasteiger partial charge in [0.25, 0.3) is 5.69 Å². The first-order chi connectivity index (χ1) is 21.7. The number of benzene rings is 3. The van der Waals surface area contributed by atoms with Gasteiger partial charge in [-0.3, -0.25) is 19.7 Å². The van der Waals surface area contributed by atoms with E-state index in [9.17, 15) is 34.9 Å². The Morgan fingerprint density at radius 1 is 1.07 bits per heavy atom. The van der Waals surface area contributed by atoms with Gasteiger partial charge in [-0.25, -0.2) is 4.90 Å². The summed E-state index contributed by atoms with van der Waals surface area (Å²) in [6.07, 6.45) is 2.39. The number of non-ortho nitro benzene ring substituents is 1. The quantitative estimate of drug-likeness (QED) is 0.0763. The van der Waals surface area contributed by atoms with E-state index in [4.69, 9.17) is 16.3 Å². The topological polar surface area (TPSA) is 150 Å². The maximum Gasteiger partial charge on any atom is 0.455 e. The lowest BCUT2D eigenvalue weighted by Gasteiger charge is -2.43. The summed E-state index contributed by atoms with van der Waals surface area (Å²) < 4.78 is 6.04. The van der Waals surface area contributed by atoms with Crippen LogP contribution in [0.4, 0.5) is 11.4 Å². The Labute approximate surface area is 264 Å². The predicted molar refractivity (Wildman–Crippen MR) is 169 cm³/mol. The molecule has 2 aliphatic heterocycles. The number of phenolic OH excluding ortho intramolecular Hbond substituents is 1. The van der Waals surface area contributed by atoms with E-state index in [0.717, 1.165) is 21.6 Å². The fourth-order valence-electron chi connectivity index (χ4n) is 6.97. The lowest BCUT2D eigenvalue weighted by Crippen LogP contribution is -2.46. The number of nitrogens with zero attached hydrogens (tertiary/aromatic N) is 2. The lowest BCUT2D eigenvalue weighted by molar-refractivity contribution is -0.384. The first-order valence-electron chi connectivity index (χ1n) is 14.7. The number of halogens is 1. The highest BCUT2D eigenvalue weighted by Gasteiger charge is 2.57. The normalized spacial score (nSPS) is 23.3. The minimum absolute atomic E-state index is 0.0529. The van der Waals surface area contributed by atoms with Crippen molar-refractivity contribution in [3.05, 3.63) is 110 Å². The molecule has 1 aliphatic carbocycles. The molecule has 3 aromatic carbocycles. The average Bonchev–Trinajstić information content (AvgIpc) is 3.28. The first-order valence-corrected chi connectivity index (χ1v) is 15.1. The molecule has 6 rings (SSSR count). The second kappa shape index (κ2) is 12.6. The number of imide groups is 1. The van der Waals surface area contributed by atoms with Crippen LogP contribution in [0.3, 0.4) is 0 Å². The van der Waals surface area contributed by atoms with E-state index in [1.807, 2.05) is 36.4 Å². The SMILES string of the molecule is O=C1[C@@H]2[C@@H](CC(CO)=C3[C@@H](CC/C(=C/c4ccc(O)cc4Cl)c4ccccc4)OB(O)C[C@@H]32)C(=O)N1c1cccc([N+](=O)[O-])c1. The van der Waals surface area contributed by atoms with Crippen molar-refractivity contribution in [1.29, 1.82) is 0 Å². The van der Waals surface area contributed by atoms with E-state index in [0.29, 0.717) is 29.0 Å². The van der Waals surface area contributed by atoms with Crippen LogP contribution in [-0.2, 0) is 14.2 Å². The smallest absolute Gasteiger partial charge is 0.455 e. The van der Waals surface area contributed by atoms with Crippen molar-refractivity contribution in [2.75, 3.05) is 11.5 Å². The second-order valence-electron chi connectivity index (χ2n) is 11.5. The van der Waals surface area contributed by atoms with Gasteiger partial charge >= 0.3 is 7.12 Å². The van der Waals surface area contributed by atoms with Crippen molar-refractivity contribution in [1.82, 2.24) is 0 Å². The van der Waals surface area contributed by atoms with Crippen molar-refractivity contribution in [3.63, 3.8) is 0 Å². The number of amides is 2. The number of fused-ring (bicyclic) bond motifs is 3. The number of hydrogen-bond acceptors (Lipinski definition) is 8. The lowest BCUT2D eigenvalue weighted by atomic mass is 9.58. The molecule has 0 spiro atoms. The zero-order chi connectivity index (χ0) is 31.8. The van der Waals surface area contributed by atoms with Gasteiger partial charge in [0.15, 0.2) is 0 Å². The standard InChI is InChI=1S/C33H30BClN2O8/c35-28-16-25(39)11-9-21(28)13-20(19-5-2-1-3-6-19)10-12-29-30-22(18-38)14-26-31(27(30)17-34(42)45-29)33(41)36(32(26)40)23-7-4-8-24(15-23)37(43)44/h1-9,11,13,15-16,26-27,29,31,38-39,42H,10,12,14,17-18H2/b20-13-/t26-,27+,29-,31-/m1/s1. The molecule has 4 atom stereocenters. The molecule has 3 aliphatic rings. The van der Waals surface area contributed by atoms with Gasteiger partial charge in [0.2, 0.25) is 11.8 Å². The number of nitro benzene ring substituents is 1. The van der Waals surface area contributed by atoms with Gasteiger partial charge in [-0.15, -0.1) is 0 Å². The Morgan fingerprint density at radius 3 is 2.56 bits per heavy atom. The zero-order valence-electron chi connectivity index (χ0n) is 24.1. The molecule has 2 saturated heterocycles. The number of phenols is 1. The van der Waals surface area contributed by atoms with Crippen LogP contribution in [0.2, 0.25) is 11.3 Å². The third-order valence-electron chi connectivity index (χ3n) is 8.93. The van der Waals surface area contributed by atoms with Crippen molar-refractivity contribution in [2.45, 2.75) is 31.7 Å². The van der Waals surface area contributed by atoms with E-state index in [1.165, 1.54) is 30.3 Å². The molecule has 2 amide bonds. The fraction of sp³-hybridized carbons (Fsp3) is 0.273. The van der Waals surface area contributed by atoms with Crippen molar-refractivity contribution >= 4 is 53.6 Å². The summed E-state index contributed by atoms with van der Waals surface area (Å²) in [6, 6.07) is 19.8. The molecule has 230 valence electrons. The number of carbonyl (C=O) groups excluding carboxylic acids is 2. The van der Waals surface area contributed by atoms with Gasteiger partial charge in [-0.2, -0.15) is 0 Å². The number of carbonyl (C=O) groups is 2. The molecule has 45 heavy (non-hydrogen) atoms. The van der Waals surface area contributed by atoms with Crippen molar-refractivity contribution < 1.29 is 34.4 Å². The predicted octanol–water partition coefficient (Wildman–Crippen LogP) is 5.27. The molecule has 2 fully saturated rings. The number of hydrogen-bond donors (Lipinski definition) is 3. The maximum atomic E-state index is 13.9. The minimum atomic E-state index is -1.20. The largest absolute Gasteiger partial charge is 0.508 e. The van der Waals surface area contributed by atoms with Crippen LogP contribution < -0.4 is 4.90 Å². The summed E-state index contributed by atoms with van der Waals surface area (Å²) in [6.45, 7) is -0.339. The van der Waals surface area contributed by atoms with Crippen LogP contribution in [0.1, 0.15) is 30.4 Å². The Kier molecular flexibility index (Phi) is 8.61. The van der Waals surface area contributed by atoms with E-state index in [1.54, 1.807) is 12.1 Å². The molecule has 0 radical (unpaired) electrons. The number of nitro groups is 1. The molecule has 10 nitrogen and oxygen atoms in total. The molecule has 3 aromatic rings. The fourth-order valence-corrected chi connectivity index (χ4v) is 7.20. The third kappa shape index (κ3) is 5.92. The van der Waals surface area contributed by atoms with Gasteiger partial charge in [0.05, 0.1) is 40.2 Å². The summed E-state index contributed by atoms with van der Waals surface area (Å²) in [5.74, 6) is -3.04. The Hall–Kier alpha value is -4.29. The van der Waals surface area contributed by atoms with Crippen molar-refractivity contribution in [2.24, 2.45) is 17.8 Å². The molecular formula is C33H30BClN2O8. The molecular weight excluding hydrogens is 599 g/mol. The summed E-state index contributed by atoms with van der Waals surface area (Å²) in [5.41, 5.74) is 3.78. The number of rotatable bonds is 8. The number of aliphatic hydroxyl groups is 1. The summed E-state index contributed by atoms with van der Waals surface area (Å²) in [5, 5.41) is 42.9. The molecule has 12 heteroatoms. The minimum Gasteiger partial charge on any atom is -0.508 e. The van der Waals surface area contributed by atoms with Gasteiger partial charge in [-0.05, 0) is 89.7 Å². The number of aliphatic hydroxyl groups excluding tert-OH is 1. The van der Waals surface area contributed by atoms with Crippen LogP contribution in [0.25, 0.3) is 11.6 Å². The van der Waals surface area contributed by atoms with E-state index in [2.05, 4.69) is 0 Å². The van der Waals surface area contributed by atoms with Crippen LogP contribution >= 0.6 is 11.6 Å². The summed E-state index contributed by atoms with van der Waals surface area (Å²) in [7, 11) is -1.20. The zero-order valence-corrected chi connectivity index (χ0v) is 24.8. The molecule has 3 N–H and O–H groups in total. The van der Waals surface area contributed by atoms with E-state index < -0.39 is 47.7 Å². The van der Waals surface area contributed by atoms with Gasteiger partial charge in [-0.1, -0.05) is 48.0 Å². The number of allylic oxidation sites excluding steroid dienone is 1. The molecule has 2 heterocycles. The van der Waals surface area contributed by atoms with E-state index >= 15 is 0 Å². The maximum absolute atomic E-state index is 13.9. The van der Waals surface area contributed by atoms with Gasteiger partial charge in [0, 0.05) is 12.1 Å². The van der Waals surface area contributed by atoms with Crippen LogP contribution in [0.15, 0.2) is 83.9 Å². The Morgan fingerprint density at radius 2 is 1.84 bits per heavy atom. The first kappa shape index (κ1) is 30.7. The third-order valence-corrected chi connectivity index (χ3v) is 9.26. The van der Waals surface area contributed by atoms with Gasteiger partial charge < -0.3 is 19.9 Å². The highest BCUT2D eigenvalue weighted by molar-refractivity contribution is 6.43. The van der Waals surface area contributed by atoms with E-state index in [-0.39, 0.29) is 36.5 Å². The number of aromatic hydroxyl groups is 1. The summed E-state index contributed by atoms with van der Waals surface area (Å²) in [4.78, 5) is 39.3. The van der Waals surface area contributed by atoms with Crippen LogP contribution in [0.5, 0.6) is 5.75 Å². The second-order valence-corrected chi connectivity index (χ2v) is 12.0. The van der Waals surface area contributed by atoms with Crippen LogP contribution in [-0.4, -0.2) is 51.8 Å². The highest BCUT2D eigenvalue weighted by Crippen LogP contribution is 2.51. The molecule has 0 unspecified atom stereocenters. The Balaban J connectivity index is 1.32. The molecule has 0 saturated carbocycles.